The molecule has 0 aliphatic heterocycles. The average Bonchev–Trinajstić information content (AvgIpc) is 3.04. The number of carbonyl (C=O) groups is 1. The summed E-state index contributed by atoms with van der Waals surface area (Å²) in [6.07, 6.45) is 8.17. The second kappa shape index (κ2) is 7.36. The number of benzene rings is 1. The molecule has 144 valence electrons. The van der Waals surface area contributed by atoms with Crippen LogP contribution in [0.4, 0.5) is 0 Å². The zero-order valence-electron chi connectivity index (χ0n) is 15.9. The van der Waals surface area contributed by atoms with E-state index in [-0.39, 0.29) is 17.4 Å². The molecule has 1 aliphatic rings. The van der Waals surface area contributed by atoms with Gasteiger partial charge in [0.15, 0.2) is 0 Å². The highest BCUT2D eigenvalue weighted by Gasteiger charge is 2.36. The van der Waals surface area contributed by atoms with E-state index in [4.69, 9.17) is 11.6 Å². The summed E-state index contributed by atoms with van der Waals surface area (Å²) in [7, 11) is 0. The topological polar surface area (TPSA) is 72.7 Å². The van der Waals surface area contributed by atoms with Gasteiger partial charge >= 0.3 is 0 Å². The molecule has 2 heterocycles. The van der Waals surface area contributed by atoms with E-state index in [0.29, 0.717) is 17.3 Å². The Hall–Kier alpha value is -2.73. The minimum absolute atomic E-state index is 0.0411. The Morgan fingerprint density at radius 2 is 2.18 bits per heavy atom. The van der Waals surface area contributed by atoms with Crippen LogP contribution in [0.25, 0.3) is 0 Å². The number of halogens is 1. The van der Waals surface area contributed by atoms with Gasteiger partial charge in [0.1, 0.15) is 5.69 Å². The molecule has 1 atom stereocenters. The minimum Gasteiger partial charge on any atom is -0.344 e. The second-order valence-electron chi connectivity index (χ2n) is 8.00. The van der Waals surface area contributed by atoms with Crippen molar-refractivity contribution in [1.82, 2.24) is 25.1 Å². The fourth-order valence-corrected chi connectivity index (χ4v) is 4.03. The van der Waals surface area contributed by atoms with Gasteiger partial charge in [0.2, 0.25) is 0 Å². The average molecular weight is 396 g/mol. The van der Waals surface area contributed by atoms with Gasteiger partial charge in [0.25, 0.3) is 5.91 Å². The quantitative estimate of drug-likeness (QED) is 0.728. The molecule has 1 aromatic carbocycles. The standard InChI is InChI=1S/C21H22ClN5O/c1-21(2)9-17(26-20(28)18-12-23-6-7-24-18)16-11-25-27(19(16)10-21)13-14-4-3-5-15(22)8-14/h3-8,11-12,17H,9-10,13H2,1-2H3,(H,26,28)/t17-/m0/s1. The van der Waals surface area contributed by atoms with Gasteiger partial charge in [-0.05, 0) is 36.0 Å². The van der Waals surface area contributed by atoms with Gasteiger partial charge < -0.3 is 5.32 Å². The molecule has 0 saturated carbocycles. The summed E-state index contributed by atoms with van der Waals surface area (Å²) in [5.41, 5.74) is 3.68. The number of nitrogens with one attached hydrogen (secondary N) is 1. The van der Waals surface area contributed by atoms with Gasteiger partial charge in [-0.15, -0.1) is 0 Å². The van der Waals surface area contributed by atoms with E-state index in [2.05, 4.69) is 34.2 Å². The van der Waals surface area contributed by atoms with E-state index in [1.807, 2.05) is 35.1 Å². The van der Waals surface area contributed by atoms with Crippen LogP contribution in [0.2, 0.25) is 5.02 Å². The summed E-state index contributed by atoms with van der Waals surface area (Å²) in [4.78, 5) is 20.7. The smallest absolute Gasteiger partial charge is 0.271 e. The third-order valence-electron chi connectivity index (χ3n) is 5.08. The van der Waals surface area contributed by atoms with Gasteiger partial charge in [-0.3, -0.25) is 14.5 Å². The number of rotatable bonds is 4. The maximum absolute atomic E-state index is 12.6. The number of aromatic nitrogens is 4. The zero-order valence-corrected chi connectivity index (χ0v) is 16.6. The van der Waals surface area contributed by atoms with E-state index in [1.54, 1.807) is 6.20 Å². The summed E-state index contributed by atoms with van der Waals surface area (Å²) in [6, 6.07) is 7.70. The number of carbonyl (C=O) groups excluding carboxylic acids is 1. The van der Waals surface area contributed by atoms with Crippen LogP contribution in [-0.2, 0) is 13.0 Å². The molecule has 4 rings (SSSR count). The molecule has 0 spiro atoms. The Kier molecular flexibility index (Phi) is 4.89. The largest absolute Gasteiger partial charge is 0.344 e. The lowest BCUT2D eigenvalue weighted by Crippen LogP contribution is -2.37. The predicted octanol–water partition coefficient (Wildman–Crippen LogP) is 3.82. The third kappa shape index (κ3) is 3.92. The van der Waals surface area contributed by atoms with E-state index in [1.165, 1.54) is 12.4 Å². The molecule has 7 heteroatoms. The first-order valence-electron chi connectivity index (χ1n) is 9.27. The van der Waals surface area contributed by atoms with Crippen LogP contribution >= 0.6 is 11.6 Å². The molecule has 1 amide bonds. The van der Waals surface area contributed by atoms with Crippen LogP contribution in [0.3, 0.4) is 0 Å². The molecule has 1 aliphatic carbocycles. The first-order valence-corrected chi connectivity index (χ1v) is 9.65. The Bertz CT molecular complexity index is 999. The fourth-order valence-electron chi connectivity index (χ4n) is 3.82. The maximum atomic E-state index is 12.6. The van der Waals surface area contributed by atoms with Crippen LogP contribution in [-0.4, -0.2) is 25.7 Å². The van der Waals surface area contributed by atoms with Crippen molar-refractivity contribution in [1.29, 1.82) is 0 Å². The van der Waals surface area contributed by atoms with Gasteiger partial charge in [0.05, 0.1) is 25.0 Å². The summed E-state index contributed by atoms with van der Waals surface area (Å²) >= 11 is 6.12. The molecule has 1 N–H and O–H groups in total. The summed E-state index contributed by atoms with van der Waals surface area (Å²) in [5.74, 6) is -0.218. The van der Waals surface area contributed by atoms with Gasteiger partial charge in [0, 0.05) is 28.7 Å². The van der Waals surface area contributed by atoms with Crippen molar-refractivity contribution < 1.29 is 4.79 Å². The summed E-state index contributed by atoms with van der Waals surface area (Å²) in [6.45, 7) is 5.08. The molecule has 6 nitrogen and oxygen atoms in total. The molecule has 0 bridgehead atoms. The number of fused-ring (bicyclic) bond motifs is 1. The van der Waals surface area contributed by atoms with Crippen molar-refractivity contribution >= 4 is 17.5 Å². The first kappa shape index (κ1) is 18.6. The van der Waals surface area contributed by atoms with Crippen LogP contribution in [0.5, 0.6) is 0 Å². The lowest BCUT2D eigenvalue weighted by molar-refractivity contribution is 0.0913. The molecule has 3 aromatic rings. The van der Waals surface area contributed by atoms with Crippen molar-refractivity contribution in [2.45, 2.75) is 39.3 Å². The SMILES string of the molecule is CC1(C)Cc2c(cnn2Cc2cccc(Cl)c2)[C@@H](NC(=O)c2cnccn2)C1. The van der Waals surface area contributed by atoms with E-state index < -0.39 is 0 Å². The lowest BCUT2D eigenvalue weighted by Gasteiger charge is -2.36. The van der Waals surface area contributed by atoms with Crippen LogP contribution < -0.4 is 5.32 Å². The molecular formula is C21H22ClN5O. The Balaban J connectivity index is 1.61. The lowest BCUT2D eigenvalue weighted by atomic mass is 9.74. The fraction of sp³-hybridized carbons (Fsp3) is 0.333. The van der Waals surface area contributed by atoms with E-state index in [0.717, 1.165) is 29.7 Å². The molecule has 0 fully saturated rings. The van der Waals surface area contributed by atoms with Crippen molar-refractivity contribution in [3.05, 3.63) is 76.6 Å². The first-order chi connectivity index (χ1) is 13.4. The Labute approximate surface area is 169 Å². The highest BCUT2D eigenvalue weighted by Crippen LogP contribution is 2.41. The van der Waals surface area contributed by atoms with Crippen molar-refractivity contribution in [3.63, 3.8) is 0 Å². The predicted molar refractivity (Wildman–Crippen MR) is 107 cm³/mol. The number of amides is 1. The van der Waals surface area contributed by atoms with Gasteiger partial charge in [-0.2, -0.15) is 5.10 Å². The van der Waals surface area contributed by atoms with Gasteiger partial charge in [-0.25, -0.2) is 4.98 Å². The zero-order chi connectivity index (χ0) is 19.7. The Morgan fingerprint density at radius 1 is 1.32 bits per heavy atom. The maximum Gasteiger partial charge on any atom is 0.271 e. The van der Waals surface area contributed by atoms with Crippen LogP contribution in [0.15, 0.2) is 49.1 Å². The molecule has 0 saturated heterocycles. The van der Waals surface area contributed by atoms with Crippen molar-refractivity contribution in [3.8, 4) is 0 Å². The summed E-state index contributed by atoms with van der Waals surface area (Å²) in [5, 5.41) is 8.45. The third-order valence-corrected chi connectivity index (χ3v) is 5.32. The molecule has 28 heavy (non-hydrogen) atoms. The number of nitrogens with zero attached hydrogens (tertiary/aromatic N) is 4. The number of hydrogen-bond donors (Lipinski definition) is 1. The highest BCUT2D eigenvalue weighted by atomic mass is 35.5. The van der Waals surface area contributed by atoms with Crippen LogP contribution in [0, 0.1) is 5.41 Å². The van der Waals surface area contributed by atoms with Gasteiger partial charge in [-0.1, -0.05) is 37.6 Å². The normalized spacial score (nSPS) is 17.8. The molecule has 0 radical (unpaired) electrons. The Morgan fingerprint density at radius 3 is 2.93 bits per heavy atom. The van der Waals surface area contributed by atoms with E-state index in [9.17, 15) is 4.79 Å². The van der Waals surface area contributed by atoms with E-state index >= 15 is 0 Å². The van der Waals surface area contributed by atoms with Crippen molar-refractivity contribution in [2.24, 2.45) is 5.41 Å². The van der Waals surface area contributed by atoms with Crippen molar-refractivity contribution in [2.75, 3.05) is 0 Å². The molecule has 2 aromatic heterocycles. The molecule has 0 unspecified atom stereocenters. The summed E-state index contributed by atoms with van der Waals surface area (Å²) < 4.78 is 2.02. The number of hydrogen-bond acceptors (Lipinski definition) is 4. The minimum atomic E-state index is -0.218. The second-order valence-corrected chi connectivity index (χ2v) is 8.43. The highest BCUT2D eigenvalue weighted by molar-refractivity contribution is 6.30. The van der Waals surface area contributed by atoms with Crippen LogP contribution in [0.1, 0.15) is 53.6 Å². The molecular weight excluding hydrogens is 374 g/mol. The monoisotopic (exact) mass is 395 g/mol.